The fourth-order valence-electron chi connectivity index (χ4n) is 0.498. The molecule has 0 aliphatic carbocycles. The molecule has 0 bridgehead atoms. The van der Waals surface area contributed by atoms with E-state index in [-0.39, 0.29) is 5.91 Å². The quantitative estimate of drug-likeness (QED) is 0.499. The van der Waals surface area contributed by atoms with Crippen molar-refractivity contribution in [2.45, 2.75) is 13.8 Å². The SMILES string of the molecule is CC(=O)n1cnc(C)n1. The predicted molar refractivity (Wildman–Crippen MR) is 31.1 cm³/mol. The molecule has 0 saturated carbocycles. The smallest absolute Gasteiger partial charge is 0.245 e. The molecule has 1 aromatic rings. The standard InChI is InChI=1S/C5H7N3O/c1-4-6-3-8(7-4)5(2)9/h3H,1-2H3. The van der Waals surface area contributed by atoms with Crippen LogP contribution in [-0.2, 0) is 0 Å². The zero-order valence-corrected chi connectivity index (χ0v) is 5.33. The van der Waals surface area contributed by atoms with Crippen LogP contribution in [0.2, 0.25) is 0 Å². The Morgan fingerprint density at radius 2 is 2.44 bits per heavy atom. The Morgan fingerprint density at radius 3 is 2.67 bits per heavy atom. The lowest BCUT2D eigenvalue weighted by Gasteiger charge is -1.86. The summed E-state index contributed by atoms with van der Waals surface area (Å²) in [5.41, 5.74) is 0. The minimum absolute atomic E-state index is 0.115. The normalized spacial score (nSPS) is 9.56. The van der Waals surface area contributed by atoms with E-state index >= 15 is 0 Å². The van der Waals surface area contributed by atoms with Crippen molar-refractivity contribution in [2.24, 2.45) is 0 Å². The number of carbonyl (C=O) groups is 1. The van der Waals surface area contributed by atoms with Crippen molar-refractivity contribution in [3.8, 4) is 0 Å². The number of rotatable bonds is 0. The number of aryl methyl sites for hydroxylation is 1. The summed E-state index contributed by atoms with van der Waals surface area (Å²) < 4.78 is 1.20. The average Bonchev–Trinajstić information content (AvgIpc) is 2.14. The molecule has 0 atom stereocenters. The maximum Gasteiger partial charge on any atom is 0.245 e. The van der Waals surface area contributed by atoms with Crippen molar-refractivity contribution in [3.63, 3.8) is 0 Å². The van der Waals surface area contributed by atoms with Gasteiger partial charge in [0.15, 0.2) is 0 Å². The monoisotopic (exact) mass is 125 g/mol. The molecule has 0 unspecified atom stereocenters. The molecule has 0 aliphatic rings. The highest BCUT2D eigenvalue weighted by Gasteiger charge is 1.96. The van der Waals surface area contributed by atoms with Gasteiger partial charge in [-0.3, -0.25) is 4.79 Å². The molecule has 0 spiro atoms. The van der Waals surface area contributed by atoms with Crippen molar-refractivity contribution < 1.29 is 4.79 Å². The summed E-state index contributed by atoms with van der Waals surface area (Å²) in [6, 6.07) is 0. The van der Waals surface area contributed by atoms with Gasteiger partial charge in [-0.05, 0) is 6.92 Å². The number of nitrogens with zero attached hydrogens (tertiary/aromatic N) is 3. The molecule has 4 heteroatoms. The second-order valence-electron chi connectivity index (χ2n) is 1.76. The molecule has 9 heavy (non-hydrogen) atoms. The van der Waals surface area contributed by atoms with Crippen LogP contribution in [0, 0.1) is 6.92 Å². The zero-order chi connectivity index (χ0) is 6.85. The van der Waals surface area contributed by atoms with Gasteiger partial charge in [0.2, 0.25) is 5.91 Å². The third-order valence-corrected chi connectivity index (χ3v) is 0.929. The van der Waals surface area contributed by atoms with Gasteiger partial charge < -0.3 is 0 Å². The van der Waals surface area contributed by atoms with Crippen LogP contribution >= 0.6 is 0 Å². The summed E-state index contributed by atoms with van der Waals surface area (Å²) in [6.45, 7) is 3.17. The van der Waals surface area contributed by atoms with Crippen LogP contribution in [0.5, 0.6) is 0 Å². The molecule has 48 valence electrons. The molecule has 0 fully saturated rings. The highest BCUT2D eigenvalue weighted by Crippen LogP contribution is 1.84. The van der Waals surface area contributed by atoms with E-state index in [0.29, 0.717) is 5.82 Å². The molecular formula is C5H7N3O. The first-order chi connectivity index (χ1) is 4.20. The first-order valence-corrected chi connectivity index (χ1v) is 2.59. The Hall–Kier alpha value is -1.19. The van der Waals surface area contributed by atoms with Crippen LogP contribution in [0.15, 0.2) is 6.33 Å². The van der Waals surface area contributed by atoms with E-state index in [0.717, 1.165) is 0 Å². The molecule has 0 aliphatic heterocycles. The molecule has 0 aromatic carbocycles. The summed E-state index contributed by atoms with van der Waals surface area (Å²) in [4.78, 5) is 14.3. The molecule has 0 radical (unpaired) electrons. The summed E-state index contributed by atoms with van der Waals surface area (Å²) in [6.07, 6.45) is 1.40. The van der Waals surface area contributed by atoms with Crippen molar-refractivity contribution in [3.05, 3.63) is 12.2 Å². The Labute approximate surface area is 52.5 Å². The van der Waals surface area contributed by atoms with Gasteiger partial charge in [0.25, 0.3) is 0 Å². The van der Waals surface area contributed by atoms with Crippen LogP contribution in [0.25, 0.3) is 0 Å². The van der Waals surface area contributed by atoms with Gasteiger partial charge in [-0.25, -0.2) is 4.98 Å². The summed E-state index contributed by atoms with van der Waals surface area (Å²) in [5.74, 6) is 0.501. The van der Waals surface area contributed by atoms with Gasteiger partial charge in [-0.15, -0.1) is 5.10 Å². The highest BCUT2D eigenvalue weighted by molar-refractivity contribution is 5.74. The molecule has 4 nitrogen and oxygen atoms in total. The van der Waals surface area contributed by atoms with Crippen molar-refractivity contribution >= 4 is 5.91 Å². The number of carbonyl (C=O) groups excluding carboxylic acids is 1. The average molecular weight is 125 g/mol. The predicted octanol–water partition coefficient (Wildman–Crippen LogP) is 0.247. The van der Waals surface area contributed by atoms with E-state index in [2.05, 4.69) is 10.1 Å². The lowest BCUT2D eigenvalue weighted by molar-refractivity contribution is 0.0920. The van der Waals surface area contributed by atoms with Crippen LogP contribution in [0.4, 0.5) is 0 Å². The fraction of sp³-hybridized carbons (Fsp3) is 0.400. The van der Waals surface area contributed by atoms with Gasteiger partial charge >= 0.3 is 0 Å². The first-order valence-electron chi connectivity index (χ1n) is 2.59. The number of hydrogen-bond donors (Lipinski definition) is 0. The molecule has 0 amide bonds. The van der Waals surface area contributed by atoms with E-state index in [9.17, 15) is 4.79 Å². The van der Waals surface area contributed by atoms with Gasteiger partial charge in [0.1, 0.15) is 12.2 Å². The lowest BCUT2D eigenvalue weighted by Crippen LogP contribution is -2.05. The molecule has 1 rings (SSSR count). The van der Waals surface area contributed by atoms with E-state index < -0.39 is 0 Å². The van der Waals surface area contributed by atoms with Crippen molar-refractivity contribution in [1.29, 1.82) is 0 Å². The maximum absolute atomic E-state index is 10.5. The number of aromatic nitrogens is 3. The van der Waals surface area contributed by atoms with E-state index in [1.54, 1.807) is 6.92 Å². The second-order valence-corrected chi connectivity index (χ2v) is 1.76. The summed E-state index contributed by atoms with van der Waals surface area (Å²) in [7, 11) is 0. The van der Waals surface area contributed by atoms with Crippen molar-refractivity contribution in [1.82, 2.24) is 14.8 Å². The van der Waals surface area contributed by atoms with Crippen LogP contribution in [0.3, 0.4) is 0 Å². The largest absolute Gasteiger partial charge is 0.273 e. The van der Waals surface area contributed by atoms with Crippen LogP contribution in [-0.4, -0.2) is 20.7 Å². The minimum atomic E-state index is -0.115. The van der Waals surface area contributed by atoms with Gasteiger partial charge in [-0.2, -0.15) is 4.68 Å². The topological polar surface area (TPSA) is 47.8 Å². The maximum atomic E-state index is 10.5. The minimum Gasteiger partial charge on any atom is -0.273 e. The fourth-order valence-corrected chi connectivity index (χ4v) is 0.498. The van der Waals surface area contributed by atoms with Gasteiger partial charge in [-0.1, -0.05) is 0 Å². The zero-order valence-electron chi connectivity index (χ0n) is 5.33. The Morgan fingerprint density at radius 1 is 1.78 bits per heavy atom. The van der Waals surface area contributed by atoms with E-state index in [1.807, 2.05) is 0 Å². The Bertz CT molecular complexity index is 228. The summed E-state index contributed by atoms with van der Waals surface area (Å²) >= 11 is 0. The molecule has 0 N–H and O–H groups in total. The number of hydrogen-bond acceptors (Lipinski definition) is 3. The second kappa shape index (κ2) is 1.97. The summed E-state index contributed by atoms with van der Waals surface area (Å²) in [5, 5.41) is 3.77. The van der Waals surface area contributed by atoms with E-state index in [1.165, 1.54) is 17.9 Å². The van der Waals surface area contributed by atoms with Crippen LogP contribution in [0.1, 0.15) is 17.5 Å². The Kier molecular flexibility index (Phi) is 1.30. The van der Waals surface area contributed by atoms with E-state index in [4.69, 9.17) is 0 Å². The lowest BCUT2D eigenvalue weighted by atomic mass is 10.7. The van der Waals surface area contributed by atoms with Gasteiger partial charge in [0, 0.05) is 6.92 Å². The molecule has 1 aromatic heterocycles. The van der Waals surface area contributed by atoms with Crippen LogP contribution < -0.4 is 0 Å². The van der Waals surface area contributed by atoms with Gasteiger partial charge in [0.05, 0.1) is 0 Å². The van der Waals surface area contributed by atoms with Crippen molar-refractivity contribution in [2.75, 3.05) is 0 Å². The highest BCUT2D eigenvalue weighted by atomic mass is 16.2. The first kappa shape index (κ1) is 5.94. The molecule has 0 saturated heterocycles. The Balaban J connectivity index is 2.98. The molecule has 1 heterocycles. The molecular weight excluding hydrogens is 118 g/mol. The third kappa shape index (κ3) is 1.13. The third-order valence-electron chi connectivity index (χ3n) is 0.929.